The fourth-order valence-corrected chi connectivity index (χ4v) is 2.66. The normalized spacial score (nSPS) is 10.0. The average Bonchev–Trinajstić information content (AvgIpc) is 2.53. The SMILES string of the molecule is CC(=O)NCCNC(=O)c1cccnc1Sc1ccccc1. The molecule has 0 radical (unpaired) electrons. The average molecular weight is 315 g/mol. The summed E-state index contributed by atoms with van der Waals surface area (Å²) in [7, 11) is 0. The van der Waals surface area contributed by atoms with Crippen LogP contribution in [0.2, 0.25) is 0 Å². The molecule has 0 atom stereocenters. The van der Waals surface area contributed by atoms with E-state index in [1.54, 1.807) is 18.3 Å². The number of pyridine rings is 1. The van der Waals surface area contributed by atoms with E-state index >= 15 is 0 Å². The summed E-state index contributed by atoms with van der Waals surface area (Å²) in [6.45, 7) is 2.22. The molecule has 0 aliphatic rings. The second-order valence-corrected chi connectivity index (χ2v) is 5.57. The van der Waals surface area contributed by atoms with Crippen LogP contribution in [0.4, 0.5) is 0 Å². The number of carbonyl (C=O) groups excluding carboxylic acids is 2. The smallest absolute Gasteiger partial charge is 0.254 e. The van der Waals surface area contributed by atoms with Crippen molar-refractivity contribution in [3.63, 3.8) is 0 Å². The number of hydrogen-bond acceptors (Lipinski definition) is 4. The molecule has 0 unspecified atom stereocenters. The lowest BCUT2D eigenvalue weighted by atomic mass is 10.2. The molecular formula is C16H17N3O2S. The molecule has 1 aromatic carbocycles. The first-order valence-electron chi connectivity index (χ1n) is 6.87. The molecule has 2 N–H and O–H groups in total. The first kappa shape index (κ1) is 16.0. The molecule has 2 rings (SSSR count). The molecule has 6 heteroatoms. The second kappa shape index (κ2) is 8.19. The third-order valence-corrected chi connectivity index (χ3v) is 3.78. The van der Waals surface area contributed by atoms with Gasteiger partial charge < -0.3 is 10.6 Å². The number of rotatable bonds is 6. The van der Waals surface area contributed by atoms with Crippen molar-refractivity contribution in [2.24, 2.45) is 0 Å². The van der Waals surface area contributed by atoms with Crippen molar-refractivity contribution < 1.29 is 9.59 Å². The van der Waals surface area contributed by atoms with Gasteiger partial charge in [0.2, 0.25) is 5.91 Å². The highest BCUT2D eigenvalue weighted by atomic mass is 32.2. The van der Waals surface area contributed by atoms with E-state index < -0.39 is 0 Å². The Morgan fingerprint density at radius 1 is 1.05 bits per heavy atom. The summed E-state index contributed by atoms with van der Waals surface area (Å²) >= 11 is 1.44. The van der Waals surface area contributed by atoms with Crippen LogP contribution in [0.5, 0.6) is 0 Å². The highest BCUT2D eigenvalue weighted by Gasteiger charge is 2.12. The number of carbonyl (C=O) groups is 2. The summed E-state index contributed by atoms with van der Waals surface area (Å²) in [6.07, 6.45) is 1.67. The van der Waals surface area contributed by atoms with E-state index in [2.05, 4.69) is 15.6 Å². The Morgan fingerprint density at radius 3 is 2.50 bits per heavy atom. The van der Waals surface area contributed by atoms with Gasteiger partial charge in [-0.05, 0) is 24.3 Å². The van der Waals surface area contributed by atoms with Gasteiger partial charge in [-0.25, -0.2) is 4.98 Å². The Kier molecular flexibility index (Phi) is 5.97. The lowest BCUT2D eigenvalue weighted by molar-refractivity contribution is -0.118. The predicted molar refractivity (Wildman–Crippen MR) is 85.8 cm³/mol. The standard InChI is InChI=1S/C16H17N3O2S/c1-12(20)17-10-11-18-15(21)14-8-5-9-19-16(14)22-13-6-3-2-4-7-13/h2-9H,10-11H2,1H3,(H,17,20)(H,18,21). The number of hydrogen-bond donors (Lipinski definition) is 2. The number of nitrogens with one attached hydrogen (secondary N) is 2. The molecule has 2 aromatic rings. The Bertz CT molecular complexity index is 647. The molecule has 0 saturated carbocycles. The van der Waals surface area contributed by atoms with E-state index in [1.807, 2.05) is 30.3 Å². The lowest BCUT2D eigenvalue weighted by Crippen LogP contribution is -2.33. The van der Waals surface area contributed by atoms with Crippen molar-refractivity contribution in [1.29, 1.82) is 0 Å². The van der Waals surface area contributed by atoms with Crippen LogP contribution in [-0.4, -0.2) is 29.9 Å². The Balaban J connectivity index is 2.01. The highest BCUT2D eigenvalue weighted by molar-refractivity contribution is 7.99. The van der Waals surface area contributed by atoms with Crippen LogP contribution in [0.3, 0.4) is 0 Å². The first-order chi connectivity index (χ1) is 10.7. The van der Waals surface area contributed by atoms with Crippen molar-refractivity contribution in [3.8, 4) is 0 Å². The minimum absolute atomic E-state index is 0.115. The fraction of sp³-hybridized carbons (Fsp3) is 0.188. The molecule has 1 heterocycles. The van der Waals surface area contributed by atoms with Crippen LogP contribution in [0.25, 0.3) is 0 Å². The van der Waals surface area contributed by atoms with Crippen molar-refractivity contribution in [2.45, 2.75) is 16.8 Å². The summed E-state index contributed by atoms with van der Waals surface area (Å²) < 4.78 is 0. The quantitative estimate of drug-likeness (QED) is 0.801. The molecule has 0 saturated heterocycles. The molecule has 2 amide bonds. The molecule has 22 heavy (non-hydrogen) atoms. The summed E-state index contributed by atoms with van der Waals surface area (Å²) in [6, 6.07) is 13.2. The summed E-state index contributed by atoms with van der Waals surface area (Å²) in [5.74, 6) is -0.312. The van der Waals surface area contributed by atoms with Gasteiger partial charge in [0, 0.05) is 31.1 Å². The first-order valence-corrected chi connectivity index (χ1v) is 7.69. The van der Waals surface area contributed by atoms with Gasteiger partial charge in [0.05, 0.1) is 5.56 Å². The largest absolute Gasteiger partial charge is 0.355 e. The molecule has 1 aromatic heterocycles. The third kappa shape index (κ3) is 4.89. The predicted octanol–water partition coefficient (Wildman–Crippen LogP) is 2.10. The summed E-state index contributed by atoms with van der Waals surface area (Å²) in [5.41, 5.74) is 0.527. The van der Waals surface area contributed by atoms with E-state index in [0.717, 1.165) is 4.90 Å². The van der Waals surface area contributed by atoms with Gasteiger partial charge in [0.1, 0.15) is 5.03 Å². The van der Waals surface area contributed by atoms with Crippen LogP contribution in [0.1, 0.15) is 17.3 Å². The van der Waals surface area contributed by atoms with Crippen molar-refractivity contribution in [1.82, 2.24) is 15.6 Å². The van der Waals surface area contributed by atoms with Crippen LogP contribution < -0.4 is 10.6 Å². The molecular weight excluding hydrogens is 298 g/mol. The summed E-state index contributed by atoms with van der Waals surface area (Å²) in [4.78, 5) is 28.3. The Morgan fingerprint density at radius 2 is 1.77 bits per heavy atom. The second-order valence-electron chi connectivity index (χ2n) is 4.51. The van der Waals surface area contributed by atoms with E-state index in [9.17, 15) is 9.59 Å². The molecule has 0 fully saturated rings. The van der Waals surface area contributed by atoms with Crippen LogP contribution in [-0.2, 0) is 4.79 Å². The van der Waals surface area contributed by atoms with E-state index in [0.29, 0.717) is 23.7 Å². The van der Waals surface area contributed by atoms with Crippen LogP contribution in [0, 0.1) is 0 Å². The molecule has 114 valence electrons. The van der Waals surface area contributed by atoms with E-state index in [4.69, 9.17) is 0 Å². The van der Waals surface area contributed by atoms with E-state index in [1.165, 1.54) is 18.7 Å². The highest BCUT2D eigenvalue weighted by Crippen LogP contribution is 2.28. The minimum atomic E-state index is -0.197. The topological polar surface area (TPSA) is 71.1 Å². The van der Waals surface area contributed by atoms with Gasteiger partial charge in [-0.1, -0.05) is 30.0 Å². The molecule has 0 spiro atoms. The van der Waals surface area contributed by atoms with Crippen molar-refractivity contribution in [3.05, 3.63) is 54.2 Å². The van der Waals surface area contributed by atoms with E-state index in [-0.39, 0.29) is 11.8 Å². The number of amides is 2. The van der Waals surface area contributed by atoms with Crippen molar-refractivity contribution >= 4 is 23.6 Å². The van der Waals surface area contributed by atoms with Gasteiger partial charge in [-0.3, -0.25) is 9.59 Å². The zero-order valence-electron chi connectivity index (χ0n) is 12.2. The Labute approximate surface area is 133 Å². The molecule has 5 nitrogen and oxygen atoms in total. The van der Waals surface area contributed by atoms with Crippen LogP contribution in [0.15, 0.2) is 58.6 Å². The van der Waals surface area contributed by atoms with Gasteiger partial charge in [-0.2, -0.15) is 0 Å². The monoisotopic (exact) mass is 315 g/mol. The third-order valence-electron chi connectivity index (χ3n) is 2.76. The zero-order valence-corrected chi connectivity index (χ0v) is 13.0. The number of aromatic nitrogens is 1. The molecule has 0 aliphatic heterocycles. The van der Waals surface area contributed by atoms with Gasteiger partial charge in [0.15, 0.2) is 0 Å². The number of benzene rings is 1. The van der Waals surface area contributed by atoms with Gasteiger partial charge >= 0.3 is 0 Å². The van der Waals surface area contributed by atoms with Gasteiger partial charge in [-0.15, -0.1) is 0 Å². The zero-order chi connectivity index (χ0) is 15.8. The molecule has 0 aliphatic carbocycles. The Hall–Kier alpha value is -2.34. The number of nitrogens with zero attached hydrogens (tertiary/aromatic N) is 1. The maximum atomic E-state index is 12.2. The maximum Gasteiger partial charge on any atom is 0.254 e. The minimum Gasteiger partial charge on any atom is -0.355 e. The molecule has 0 bridgehead atoms. The van der Waals surface area contributed by atoms with Gasteiger partial charge in [0.25, 0.3) is 5.91 Å². The summed E-state index contributed by atoms with van der Waals surface area (Å²) in [5, 5.41) is 6.06. The van der Waals surface area contributed by atoms with Crippen molar-refractivity contribution in [2.75, 3.05) is 13.1 Å². The fourth-order valence-electron chi connectivity index (χ4n) is 1.75. The van der Waals surface area contributed by atoms with Crippen LogP contribution >= 0.6 is 11.8 Å². The lowest BCUT2D eigenvalue weighted by Gasteiger charge is -2.09. The maximum absolute atomic E-state index is 12.2.